The van der Waals surface area contributed by atoms with E-state index in [-0.39, 0.29) is 25.7 Å². The zero-order valence-electron chi connectivity index (χ0n) is 15.9. The summed E-state index contributed by atoms with van der Waals surface area (Å²) in [6, 6.07) is 7.97. The van der Waals surface area contributed by atoms with Crippen LogP contribution < -0.4 is 14.2 Å². The summed E-state index contributed by atoms with van der Waals surface area (Å²) in [5, 5.41) is 11.1. The third-order valence-corrected chi connectivity index (χ3v) is 4.18. The topological polar surface area (TPSA) is 106 Å². The van der Waals surface area contributed by atoms with E-state index >= 15 is 0 Å². The largest absolute Gasteiger partial charge is 0.493 e. The first-order chi connectivity index (χ1) is 14.0. The van der Waals surface area contributed by atoms with Crippen molar-refractivity contribution >= 4 is 17.7 Å². The van der Waals surface area contributed by atoms with Crippen LogP contribution in [-0.4, -0.2) is 31.9 Å². The summed E-state index contributed by atoms with van der Waals surface area (Å²) in [5.41, 5.74) is 1.45. The molecule has 0 fully saturated rings. The van der Waals surface area contributed by atoms with Crippen molar-refractivity contribution in [1.29, 1.82) is 0 Å². The van der Waals surface area contributed by atoms with Crippen molar-refractivity contribution in [2.45, 2.75) is 13.2 Å². The van der Waals surface area contributed by atoms with E-state index in [0.29, 0.717) is 33.9 Å². The minimum absolute atomic E-state index is 0.0291. The highest BCUT2D eigenvalue weighted by Gasteiger charge is 2.21. The Bertz CT molecular complexity index is 954. The molecule has 0 aromatic heterocycles. The van der Waals surface area contributed by atoms with Crippen molar-refractivity contribution < 1.29 is 33.4 Å². The molecule has 0 aliphatic carbocycles. The van der Waals surface area contributed by atoms with Gasteiger partial charge in [0, 0.05) is 34.9 Å². The van der Waals surface area contributed by atoms with Crippen LogP contribution in [0.4, 0.5) is 5.69 Å². The van der Waals surface area contributed by atoms with Crippen LogP contribution in [-0.2, 0) is 27.5 Å². The average molecular weight is 401 g/mol. The highest BCUT2D eigenvalue weighted by atomic mass is 16.7. The summed E-state index contributed by atoms with van der Waals surface area (Å²) in [6.07, 6.45) is 2.78. The second-order valence-electron chi connectivity index (χ2n) is 5.98. The molecule has 0 saturated carbocycles. The number of carbonyl (C=O) groups is 1. The summed E-state index contributed by atoms with van der Waals surface area (Å²) in [6.45, 7) is 0.0389. The molecule has 0 spiro atoms. The first-order valence-corrected chi connectivity index (χ1v) is 8.60. The zero-order valence-corrected chi connectivity index (χ0v) is 15.9. The Balaban J connectivity index is 1.74. The molecule has 1 aliphatic heterocycles. The van der Waals surface area contributed by atoms with Gasteiger partial charge < -0.3 is 23.7 Å². The maximum absolute atomic E-state index is 12.2. The molecule has 9 nitrogen and oxygen atoms in total. The summed E-state index contributed by atoms with van der Waals surface area (Å²) >= 11 is 0. The van der Waals surface area contributed by atoms with E-state index in [1.165, 1.54) is 38.5 Å². The SMILES string of the molecule is COc1cccc(/C=C/C(=O)OCc2cc([N+](=O)[O-])cc3c2OCOC3)c1OC. The number of benzene rings is 2. The molecule has 29 heavy (non-hydrogen) atoms. The number of ether oxygens (including phenoxy) is 5. The predicted octanol–water partition coefficient (Wildman–Crippen LogP) is 3.24. The second-order valence-corrected chi connectivity index (χ2v) is 5.98. The standard InChI is InChI=1S/C20H19NO8/c1-25-17-5-3-4-13(20(17)26-2)6-7-18(22)28-11-15-9-16(21(23)24)8-14-10-27-12-29-19(14)15/h3-9H,10-12H2,1-2H3/b7-6+. The summed E-state index contributed by atoms with van der Waals surface area (Å²) < 4.78 is 26.3. The molecular weight excluding hydrogens is 382 g/mol. The molecule has 2 aromatic carbocycles. The lowest BCUT2D eigenvalue weighted by atomic mass is 10.1. The molecule has 9 heteroatoms. The summed E-state index contributed by atoms with van der Waals surface area (Å²) in [7, 11) is 3.02. The van der Waals surface area contributed by atoms with Gasteiger partial charge in [0.05, 0.1) is 25.7 Å². The molecule has 2 aromatic rings. The van der Waals surface area contributed by atoms with E-state index in [4.69, 9.17) is 23.7 Å². The minimum atomic E-state index is -0.623. The molecule has 0 atom stereocenters. The average Bonchev–Trinajstić information content (AvgIpc) is 2.75. The van der Waals surface area contributed by atoms with Crippen LogP contribution in [0.1, 0.15) is 16.7 Å². The van der Waals surface area contributed by atoms with E-state index in [1.54, 1.807) is 18.2 Å². The number of non-ortho nitro benzene ring substituents is 1. The number of methoxy groups -OCH3 is 2. The zero-order chi connectivity index (χ0) is 20.8. The van der Waals surface area contributed by atoms with Crippen LogP contribution in [0.2, 0.25) is 0 Å². The molecule has 1 aliphatic rings. The predicted molar refractivity (Wildman–Crippen MR) is 102 cm³/mol. The third-order valence-electron chi connectivity index (χ3n) is 4.18. The fraction of sp³-hybridized carbons (Fsp3) is 0.250. The second kappa shape index (κ2) is 9.07. The Kier molecular flexibility index (Phi) is 6.30. The minimum Gasteiger partial charge on any atom is -0.493 e. The lowest BCUT2D eigenvalue weighted by molar-refractivity contribution is -0.385. The van der Waals surface area contributed by atoms with E-state index < -0.39 is 10.9 Å². The lowest BCUT2D eigenvalue weighted by Crippen LogP contribution is -2.14. The fourth-order valence-corrected chi connectivity index (χ4v) is 2.89. The van der Waals surface area contributed by atoms with Gasteiger partial charge in [-0.2, -0.15) is 0 Å². The molecular formula is C20H19NO8. The van der Waals surface area contributed by atoms with Gasteiger partial charge in [-0.3, -0.25) is 10.1 Å². The molecule has 152 valence electrons. The van der Waals surface area contributed by atoms with Crippen molar-refractivity contribution in [2.75, 3.05) is 21.0 Å². The Labute approximate surface area is 166 Å². The smallest absolute Gasteiger partial charge is 0.331 e. The first kappa shape index (κ1) is 20.2. The van der Waals surface area contributed by atoms with E-state index in [1.807, 2.05) is 0 Å². The number of rotatable bonds is 7. The highest BCUT2D eigenvalue weighted by molar-refractivity contribution is 5.88. The van der Waals surface area contributed by atoms with Crippen LogP contribution in [0.15, 0.2) is 36.4 Å². The molecule has 3 rings (SSSR count). The molecule has 0 unspecified atom stereocenters. The Morgan fingerprint density at radius 1 is 1.28 bits per heavy atom. The van der Waals surface area contributed by atoms with Crippen LogP contribution >= 0.6 is 0 Å². The Hall–Kier alpha value is -3.59. The van der Waals surface area contributed by atoms with Gasteiger partial charge in [-0.15, -0.1) is 0 Å². The van der Waals surface area contributed by atoms with E-state index in [9.17, 15) is 14.9 Å². The molecule has 0 bridgehead atoms. The first-order valence-electron chi connectivity index (χ1n) is 8.60. The van der Waals surface area contributed by atoms with Crippen LogP contribution in [0.3, 0.4) is 0 Å². The van der Waals surface area contributed by atoms with Gasteiger partial charge in [0.15, 0.2) is 18.3 Å². The number of hydrogen-bond acceptors (Lipinski definition) is 8. The van der Waals surface area contributed by atoms with Crippen LogP contribution in [0.5, 0.6) is 17.2 Å². The number of esters is 1. The van der Waals surface area contributed by atoms with Gasteiger partial charge in [-0.05, 0) is 12.1 Å². The number of nitrogens with zero attached hydrogens (tertiary/aromatic N) is 1. The summed E-state index contributed by atoms with van der Waals surface area (Å²) in [4.78, 5) is 22.8. The normalized spacial score (nSPS) is 12.8. The summed E-state index contributed by atoms with van der Waals surface area (Å²) in [5.74, 6) is 0.834. The van der Waals surface area contributed by atoms with Gasteiger partial charge in [-0.1, -0.05) is 12.1 Å². The van der Waals surface area contributed by atoms with Crippen LogP contribution in [0, 0.1) is 10.1 Å². The van der Waals surface area contributed by atoms with Gasteiger partial charge in [0.25, 0.3) is 5.69 Å². The number of hydrogen-bond donors (Lipinski definition) is 0. The Morgan fingerprint density at radius 2 is 2.10 bits per heavy atom. The molecule has 0 radical (unpaired) electrons. The maximum Gasteiger partial charge on any atom is 0.331 e. The van der Waals surface area contributed by atoms with Crippen molar-refractivity contribution in [3.63, 3.8) is 0 Å². The van der Waals surface area contributed by atoms with E-state index in [0.717, 1.165) is 0 Å². The Morgan fingerprint density at radius 3 is 2.83 bits per heavy atom. The number of carbonyl (C=O) groups excluding carboxylic acids is 1. The highest BCUT2D eigenvalue weighted by Crippen LogP contribution is 2.33. The number of nitro groups is 1. The molecule has 0 amide bonds. The quantitative estimate of drug-likeness (QED) is 0.301. The molecule has 1 heterocycles. The van der Waals surface area contributed by atoms with E-state index in [2.05, 4.69) is 0 Å². The lowest BCUT2D eigenvalue weighted by Gasteiger charge is -2.20. The number of para-hydroxylation sites is 1. The van der Waals surface area contributed by atoms with Gasteiger partial charge >= 0.3 is 5.97 Å². The van der Waals surface area contributed by atoms with Crippen molar-refractivity contribution in [3.8, 4) is 17.2 Å². The number of fused-ring (bicyclic) bond motifs is 1. The van der Waals surface area contributed by atoms with Crippen molar-refractivity contribution in [2.24, 2.45) is 0 Å². The third kappa shape index (κ3) is 4.64. The van der Waals surface area contributed by atoms with Gasteiger partial charge in [0.1, 0.15) is 12.4 Å². The molecule has 0 saturated heterocycles. The number of nitro benzene ring substituents is 1. The fourth-order valence-electron chi connectivity index (χ4n) is 2.89. The maximum atomic E-state index is 12.2. The van der Waals surface area contributed by atoms with Crippen molar-refractivity contribution in [1.82, 2.24) is 0 Å². The van der Waals surface area contributed by atoms with Crippen molar-refractivity contribution in [3.05, 3.63) is 63.2 Å². The molecule has 0 N–H and O–H groups in total. The van der Waals surface area contributed by atoms with Gasteiger partial charge in [-0.25, -0.2) is 4.79 Å². The monoisotopic (exact) mass is 401 g/mol. The van der Waals surface area contributed by atoms with Crippen LogP contribution in [0.25, 0.3) is 6.08 Å². The van der Waals surface area contributed by atoms with Gasteiger partial charge in [0.2, 0.25) is 0 Å².